The zero-order valence-electron chi connectivity index (χ0n) is 12.1. The Morgan fingerprint density at radius 1 is 1.20 bits per heavy atom. The van der Waals surface area contributed by atoms with Gasteiger partial charge in [-0.15, -0.1) is 0 Å². The lowest BCUT2D eigenvalue weighted by atomic mass is 10.1. The van der Waals surface area contributed by atoms with E-state index in [-0.39, 0.29) is 0 Å². The molecule has 0 heterocycles. The highest BCUT2D eigenvalue weighted by atomic mass is 16.5. The van der Waals surface area contributed by atoms with Gasteiger partial charge in [0.05, 0.1) is 18.7 Å². The first-order valence-corrected chi connectivity index (χ1v) is 6.49. The quantitative estimate of drug-likeness (QED) is 0.849. The smallest absolute Gasteiger partial charge is 0.123 e. The summed E-state index contributed by atoms with van der Waals surface area (Å²) in [6, 6.07) is 16.1. The summed E-state index contributed by atoms with van der Waals surface area (Å²) in [5.74, 6) is 0.893. The van der Waals surface area contributed by atoms with Crippen LogP contribution in [0.1, 0.15) is 16.7 Å². The van der Waals surface area contributed by atoms with E-state index in [1.807, 2.05) is 50.4 Å². The molecule has 0 atom stereocenters. The maximum Gasteiger partial charge on any atom is 0.123 e. The number of nitriles is 1. The number of methoxy groups -OCH3 is 1. The van der Waals surface area contributed by atoms with Crippen LogP contribution >= 0.6 is 0 Å². The molecule has 3 nitrogen and oxygen atoms in total. The second-order valence-electron chi connectivity index (χ2n) is 4.78. The minimum absolute atomic E-state index is 0.722. The molecule has 0 N–H and O–H groups in total. The fourth-order valence-electron chi connectivity index (χ4n) is 2.19. The molecule has 2 aromatic rings. The van der Waals surface area contributed by atoms with Gasteiger partial charge in [0.25, 0.3) is 0 Å². The Balaban J connectivity index is 2.22. The molecule has 2 aromatic carbocycles. The van der Waals surface area contributed by atoms with Crippen molar-refractivity contribution in [2.45, 2.75) is 13.5 Å². The van der Waals surface area contributed by atoms with Crippen molar-refractivity contribution >= 4 is 5.69 Å². The lowest BCUT2D eigenvalue weighted by Gasteiger charge is -2.21. The number of anilines is 1. The van der Waals surface area contributed by atoms with Crippen molar-refractivity contribution < 1.29 is 4.74 Å². The number of aryl methyl sites for hydroxylation is 1. The van der Waals surface area contributed by atoms with Crippen molar-refractivity contribution in [2.75, 3.05) is 19.1 Å². The fraction of sp³-hybridized carbons (Fsp3) is 0.235. The Labute approximate surface area is 120 Å². The zero-order valence-corrected chi connectivity index (χ0v) is 12.1. The van der Waals surface area contributed by atoms with Crippen molar-refractivity contribution in [3.05, 3.63) is 59.2 Å². The Bertz CT molecular complexity index is 644. The molecule has 0 spiro atoms. The molecule has 0 fully saturated rings. The number of ether oxygens (including phenoxy) is 1. The molecule has 0 aliphatic rings. The molecule has 0 bridgehead atoms. The Morgan fingerprint density at radius 2 is 1.95 bits per heavy atom. The first-order chi connectivity index (χ1) is 9.65. The third kappa shape index (κ3) is 2.92. The van der Waals surface area contributed by atoms with Crippen molar-refractivity contribution in [3.63, 3.8) is 0 Å². The summed E-state index contributed by atoms with van der Waals surface area (Å²) in [4.78, 5) is 2.14. The van der Waals surface area contributed by atoms with E-state index in [9.17, 15) is 0 Å². The molecule has 0 saturated carbocycles. The highest BCUT2D eigenvalue weighted by molar-refractivity contribution is 5.53. The van der Waals surface area contributed by atoms with E-state index < -0.39 is 0 Å². The number of rotatable bonds is 4. The van der Waals surface area contributed by atoms with Crippen LogP contribution in [0.3, 0.4) is 0 Å². The topological polar surface area (TPSA) is 36.3 Å². The molecule has 3 heteroatoms. The molecular formula is C17H18N2O. The zero-order chi connectivity index (χ0) is 14.5. The van der Waals surface area contributed by atoms with Gasteiger partial charge >= 0.3 is 0 Å². The highest BCUT2D eigenvalue weighted by Crippen LogP contribution is 2.23. The Kier molecular flexibility index (Phi) is 4.27. The minimum Gasteiger partial charge on any atom is -0.496 e. The van der Waals surface area contributed by atoms with E-state index in [4.69, 9.17) is 10.00 Å². The van der Waals surface area contributed by atoms with Gasteiger partial charge in [-0.05, 0) is 36.8 Å². The summed E-state index contributed by atoms with van der Waals surface area (Å²) in [6.45, 7) is 2.72. The number of hydrogen-bond donors (Lipinski definition) is 0. The Hall–Kier alpha value is -2.47. The van der Waals surface area contributed by atoms with Gasteiger partial charge in [-0.2, -0.15) is 5.26 Å². The molecule has 0 aliphatic carbocycles. The maximum atomic E-state index is 8.97. The average Bonchev–Trinajstić information content (AvgIpc) is 2.47. The summed E-state index contributed by atoms with van der Waals surface area (Å²) >= 11 is 0. The molecule has 0 radical (unpaired) electrons. The van der Waals surface area contributed by atoms with Gasteiger partial charge in [-0.25, -0.2) is 0 Å². The molecule has 0 amide bonds. The normalized spacial score (nSPS) is 9.90. The van der Waals surface area contributed by atoms with Crippen LogP contribution in [0, 0.1) is 18.3 Å². The molecule has 0 aliphatic heterocycles. The van der Waals surface area contributed by atoms with E-state index in [0.29, 0.717) is 0 Å². The number of benzene rings is 2. The average molecular weight is 266 g/mol. The van der Waals surface area contributed by atoms with Crippen molar-refractivity contribution in [1.29, 1.82) is 5.26 Å². The van der Waals surface area contributed by atoms with E-state index in [1.165, 1.54) is 0 Å². The van der Waals surface area contributed by atoms with E-state index in [1.54, 1.807) is 7.11 Å². The Morgan fingerprint density at radius 3 is 2.60 bits per heavy atom. The van der Waals surface area contributed by atoms with Gasteiger partial charge in [-0.1, -0.05) is 18.2 Å². The number of nitrogens with zero attached hydrogens (tertiary/aromatic N) is 2. The molecule has 0 unspecified atom stereocenters. The van der Waals surface area contributed by atoms with Crippen LogP contribution in [0.2, 0.25) is 0 Å². The third-order valence-electron chi connectivity index (χ3n) is 3.37. The molecule has 0 aromatic heterocycles. The largest absolute Gasteiger partial charge is 0.496 e. The second kappa shape index (κ2) is 6.12. The summed E-state index contributed by atoms with van der Waals surface area (Å²) < 4.78 is 5.37. The maximum absolute atomic E-state index is 8.97. The predicted octanol–water partition coefficient (Wildman–Crippen LogP) is 3.51. The molecule has 0 saturated heterocycles. The fourth-order valence-corrected chi connectivity index (χ4v) is 2.19. The highest BCUT2D eigenvalue weighted by Gasteiger charge is 2.08. The van der Waals surface area contributed by atoms with Crippen LogP contribution in [0.15, 0.2) is 42.5 Å². The number of para-hydroxylation sites is 1. The third-order valence-corrected chi connectivity index (χ3v) is 3.37. The molecule has 2 rings (SSSR count). The summed E-state index contributed by atoms with van der Waals surface area (Å²) in [5.41, 5.74) is 3.95. The first kappa shape index (κ1) is 14.0. The lowest BCUT2D eigenvalue weighted by Crippen LogP contribution is -2.17. The van der Waals surface area contributed by atoms with Crippen LogP contribution < -0.4 is 9.64 Å². The van der Waals surface area contributed by atoms with Crippen LogP contribution in [0.25, 0.3) is 0 Å². The van der Waals surface area contributed by atoms with Crippen LogP contribution in [0.5, 0.6) is 5.75 Å². The van der Waals surface area contributed by atoms with Crippen LogP contribution in [0.4, 0.5) is 5.69 Å². The first-order valence-electron chi connectivity index (χ1n) is 6.49. The monoisotopic (exact) mass is 266 g/mol. The second-order valence-corrected chi connectivity index (χ2v) is 4.78. The van der Waals surface area contributed by atoms with Crippen LogP contribution in [-0.4, -0.2) is 14.2 Å². The van der Waals surface area contributed by atoms with Gasteiger partial charge in [0.2, 0.25) is 0 Å². The number of hydrogen-bond acceptors (Lipinski definition) is 3. The van der Waals surface area contributed by atoms with E-state index in [0.717, 1.165) is 34.7 Å². The standard InChI is InChI=1S/C17H18N2O/c1-13-10-16(9-8-14(13)11-18)19(2)12-15-6-4-5-7-17(15)20-3/h4-10H,12H2,1-3H3. The molecule has 102 valence electrons. The summed E-state index contributed by atoms with van der Waals surface area (Å²) in [6.07, 6.45) is 0. The molecule has 20 heavy (non-hydrogen) atoms. The van der Waals surface area contributed by atoms with E-state index >= 15 is 0 Å². The van der Waals surface area contributed by atoms with E-state index in [2.05, 4.69) is 17.0 Å². The van der Waals surface area contributed by atoms with Crippen LogP contribution in [-0.2, 0) is 6.54 Å². The van der Waals surface area contributed by atoms with Gasteiger partial charge in [-0.3, -0.25) is 0 Å². The molecular weight excluding hydrogens is 248 g/mol. The van der Waals surface area contributed by atoms with Crippen molar-refractivity contribution in [1.82, 2.24) is 0 Å². The SMILES string of the molecule is COc1ccccc1CN(C)c1ccc(C#N)c(C)c1. The van der Waals surface area contributed by atoms with Gasteiger partial charge in [0, 0.05) is 24.8 Å². The van der Waals surface area contributed by atoms with Gasteiger partial charge < -0.3 is 9.64 Å². The van der Waals surface area contributed by atoms with Gasteiger partial charge in [0.1, 0.15) is 5.75 Å². The van der Waals surface area contributed by atoms with Crippen molar-refractivity contribution in [3.8, 4) is 11.8 Å². The summed E-state index contributed by atoms with van der Waals surface area (Å²) in [5, 5.41) is 8.97. The predicted molar refractivity (Wildman–Crippen MR) is 81.0 cm³/mol. The lowest BCUT2D eigenvalue weighted by molar-refractivity contribution is 0.409. The van der Waals surface area contributed by atoms with Crippen molar-refractivity contribution in [2.24, 2.45) is 0 Å². The minimum atomic E-state index is 0.722. The summed E-state index contributed by atoms with van der Waals surface area (Å²) in [7, 11) is 3.72. The van der Waals surface area contributed by atoms with Gasteiger partial charge in [0.15, 0.2) is 0 Å².